The van der Waals surface area contributed by atoms with Crippen molar-refractivity contribution in [1.82, 2.24) is 10.6 Å². The highest BCUT2D eigenvalue weighted by Crippen LogP contribution is 2.08. The molecule has 0 unspecified atom stereocenters. The van der Waals surface area contributed by atoms with E-state index >= 15 is 0 Å². The van der Waals surface area contributed by atoms with Gasteiger partial charge in [-0.25, -0.2) is 4.79 Å². The van der Waals surface area contributed by atoms with Crippen LogP contribution >= 0.6 is 0 Å². The van der Waals surface area contributed by atoms with E-state index in [1.54, 1.807) is 0 Å². The van der Waals surface area contributed by atoms with Gasteiger partial charge < -0.3 is 26.8 Å². The summed E-state index contributed by atoms with van der Waals surface area (Å²) in [4.78, 5) is 49.0. The van der Waals surface area contributed by atoms with E-state index in [9.17, 15) is 19.2 Å². The second kappa shape index (κ2) is 12.2. The molecule has 0 saturated carbocycles. The summed E-state index contributed by atoms with van der Waals surface area (Å²) in [5.41, 5.74) is 10.4. The fraction of sp³-hybridized carbons (Fsp3) is 0.304. The first-order valence-corrected chi connectivity index (χ1v) is 10.2. The number of methoxy groups -OCH3 is 1. The summed E-state index contributed by atoms with van der Waals surface area (Å²) in [5.74, 6) is -2.41. The summed E-state index contributed by atoms with van der Waals surface area (Å²) in [7, 11) is 1.24. The van der Waals surface area contributed by atoms with Crippen LogP contribution in [-0.2, 0) is 36.8 Å². The van der Waals surface area contributed by atoms with Crippen molar-refractivity contribution >= 4 is 23.7 Å². The fourth-order valence-electron chi connectivity index (χ4n) is 3.14. The maximum Gasteiger partial charge on any atom is 0.328 e. The Morgan fingerprint density at radius 3 is 1.78 bits per heavy atom. The molecule has 3 amide bonds. The van der Waals surface area contributed by atoms with Gasteiger partial charge in [-0.3, -0.25) is 14.4 Å². The first-order valence-electron chi connectivity index (χ1n) is 10.2. The molecule has 2 aromatic carbocycles. The van der Waals surface area contributed by atoms with Gasteiger partial charge >= 0.3 is 5.97 Å². The van der Waals surface area contributed by atoms with Crippen LogP contribution in [-0.4, -0.2) is 48.9 Å². The highest BCUT2D eigenvalue weighted by atomic mass is 16.5. The molecule has 0 aliphatic heterocycles. The van der Waals surface area contributed by atoms with Gasteiger partial charge in [0.2, 0.25) is 11.8 Å². The van der Waals surface area contributed by atoms with E-state index < -0.39 is 41.8 Å². The molecular weight excluding hydrogens is 412 g/mol. The highest BCUT2D eigenvalue weighted by Gasteiger charge is 2.30. The molecule has 0 aliphatic carbocycles. The quantitative estimate of drug-likeness (QED) is 0.333. The second-order valence-corrected chi connectivity index (χ2v) is 7.39. The summed E-state index contributed by atoms with van der Waals surface area (Å²) in [5, 5.41) is 5.30. The number of benzene rings is 2. The second-order valence-electron chi connectivity index (χ2n) is 7.39. The van der Waals surface area contributed by atoms with Crippen LogP contribution in [0.5, 0.6) is 0 Å². The van der Waals surface area contributed by atoms with Crippen molar-refractivity contribution in [2.45, 2.75) is 37.4 Å². The van der Waals surface area contributed by atoms with Gasteiger partial charge in [-0.2, -0.15) is 0 Å². The molecule has 170 valence electrons. The number of rotatable bonds is 11. The monoisotopic (exact) mass is 441 g/mol. The molecule has 0 aromatic heterocycles. The number of quaternary nitrogens is 1. The first kappa shape index (κ1) is 24.5. The standard InChI is InChI=1S/C23H28N4O5/c1-32-23(31)19(13-16-10-6-3-7-11-16)27-22(30)18(12-15-8-4-2-5-9-15)26-21(29)17(24)14-20(25)28/h2-11,17-19H,12-14,24H2,1H3,(H2,25,28)(H,26,29)(H,27,30)/p+1/t17-,18-,19-/m1/s1. The Hall–Kier alpha value is -3.72. The number of primary amides is 1. The molecule has 0 spiro atoms. The molecule has 32 heavy (non-hydrogen) atoms. The van der Waals surface area contributed by atoms with Crippen molar-refractivity contribution in [2.75, 3.05) is 7.11 Å². The van der Waals surface area contributed by atoms with Gasteiger partial charge in [-0.1, -0.05) is 60.7 Å². The lowest BCUT2D eigenvalue weighted by molar-refractivity contribution is -0.402. The Kier molecular flexibility index (Phi) is 9.37. The number of carbonyl (C=O) groups is 4. The van der Waals surface area contributed by atoms with E-state index in [0.29, 0.717) is 0 Å². The van der Waals surface area contributed by atoms with E-state index in [4.69, 9.17) is 10.5 Å². The Bertz CT molecular complexity index is 920. The lowest BCUT2D eigenvalue weighted by Gasteiger charge is -2.23. The summed E-state index contributed by atoms with van der Waals surface area (Å²) in [6, 6.07) is 15.4. The lowest BCUT2D eigenvalue weighted by Crippen LogP contribution is -2.70. The zero-order chi connectivity index (χ0) is 23.5. The van der Waals surface area contributed by atoms with E-state index in [1.807, 2.05) is 60.7 Å². The number of ether oxygens (including phenoxy) is 1. The van der Waals surface area contributed by atoms with E-state index in [2.05, 4.69) is 16.4 Å². The van der Waals surface area contributed by atoms with Gasteiger partial charge in [0.25, 0.3) is 5.91 Å². The Labute approximate surface area is 186 Å². The maximum atomic E-state index is 13.1. The van der Waals surface area contributed by atoms with Crippen molar-refractivity contribution in [3.63, 3.8) is 0 Å². The molecule has 0 fully saturated rings. The van der Waals surface area contributed by atoms with Gasteiger partial charge in [0, 0.05) is 12.8 Å². The van der Waals surface area contributed by atoms with Crippen LogP contribution in [0.15, 0.2) is 60.7 Å². The predicted molar refractivity (Wildman–Crippen MR) is 117 cm³/mol. The Morgan fingerprint density at radius 2 is 1.31 bits per heavy atom. The molecule has 0 aliphatic rings. The fourth-order valence-corrected chi connectivity index (χ4v) is 3.14. The zero-order valence-electron chi connectivity index (χ0n) is 18.0. The average molecular weight is 442 g/mol. The number of carbonyl (C=O) groups excluding carboxylic acids is 4. The number of hydrogen-bond acceptors (Lipinski definition) is 5. The molecule has 7 N–H and O–H groups in total. The number of amides is 3. The van der Waals surface area contributed by atoms with Gasteiger partial charge in [0.05, 0.1) is 13.5 Å². The molecular formula is C23H29N4O5+. The van der Waals surface area contributed by atoms with Gasteiger partial charge in [0.1, 0.15) is 12.1 Å². The number of nitrogens with two attached hydrogens (primary N) is 1. The van der Waals surface area contributed by atoms with Crippen LogP contribution in [0.25, 0.3) is 0 Å². The van der Waals surface area contributed by atoms with E-state index in [-0.39, 0.29) is 19.3 Å². The minimum atomic E-state index is -0.995. The van der Waals surface area contributed by atoms with Crippen LogP contribution in [0.1, 0.15) is 17.5 Å². The highest BCUT2D eigenvalue weighted by molar-refractivity contribution is 5.93. The first-order chi connectivity index (χ1) is 15.3. The van der Waals surface area contributed by atoms with Gasteiger partial charge in [-0.15, -0.1) is 0 Å². The predicted octanol–water partition coefficient (Wildman–Crippen LogP) is -0.900. The Balaban J connectivity index is 2.19. The SMILES string of the molecule is COC(=O)[C@@H](Cc1ccccc1)NC(=O)[C@@H](Cc1ccccc1)NC(=O)[C@H]([NH3+])CC(N)=O. The van der Waals surface area contributed by atoms with Crippen LogP contribution in [0.3, 0.4) is 0 Å². The normalized spacial score (nSPS) is 13.3. The van der Waals surface area contributed by atoms with Crippen molar-refractivity contribution in [2.24, 2.45) is 5.73 Å². The summed E-state index contributed by atoms with van der Waals surface area (Å²) in [6.45, 7) is 0. The topological polar surface area (TPSA) is 155 Å². The minimum absolute atomic E-state index is 0.181. The number of nitrogens with one attached hydrogen (secondary N) is 2. The smallest absolute Gasteiger partial charge is 0.328 e. The van der Waals surface area contributed by atoms with Crippen LogP contribution in [0.4, 0.5) is 0 Å². The molecule has 3 atom stereocenters. The van der Waals surface area contributed by atoms with Crippen molar-refractivity contribution in [3.8, 4) is 0 Å². The third-order valence-electron chi connectivity index (χ3n) is 4.82. The van der Waals surface area contributed by atoms with Crippen LogP contribution in [0.2, 0.25) is 0 Å². The number of esters is 1. The summed E-state index contributed by atoms with van der Waals surface area (Å²) >= 11 is 0. The van der Waals surface area contributed by atoms with Gasteiger partial charge in [-0.05, 0) is 11.1 Å². The molecule has 2 rings (SSSR count). The van der Waals surface area contributed by atoms with Crippen molar-refractivity contribution < 1.29 is 29.6 Å². The van der Waals surface area contributed by atoms with Gasteiger partial charge in [0.15, 0.2) is 6.04 Å². The van der Waals surface area contributed by atoms with Crippen LogP contribution < -0.4 is 22.1 Å². The largest absolute Gasteiger partial charge is 0.467 e. The molecule has 0 saturated heterocycles. The zero-order valence-corrected chi connectivity index (χ0v) is 18.0. The molecule has 9 nitrogen and oxygen atoms in total. The molecule has 0 bridgehead atoms. The molecule has 0 radical (unpaired) electrons. The Morgan fingerprint density at radius 1 is 0.844 bits per heavy atom. The molecule has 9 heteroatoms. The molecule has 0 heterocycles. The number of hydrogen-bond donors (Lipinski definition) is 4. The maximum absolute atomic E-state index is 13.1. The van der Waals surface area contributed by atoms with Crippen molar-refractivity contribution in [1.29, 1.82) is 0 Å². The van der Waals surface area contributed by atoms with E-state index in [1.165, 1.54) is 7.11 Å². The summed E-state index contributed by atoms with van der Waals surface area (Å²) in [6.07, 6.45) is 0.163. The van der Waals surface area contributed by atoms with Crippen LogP contribution in [0, 0.1) is 0 Å². The third-order valence-corrected chi connectivity index (χ3v) is 4.82. The summed E-state index contributed by atoms with van der Waals surface area (Å²) < 4.78 is 4.84. The molecule has 2 aromatic rings. The van der Waals surface area contributed by atoms with E-state index in [0.717, 1.165) is 11.1 Å². The average Bonchev–Trinajstić information content (AvgIpc) is 2.78. The lowest BCUT2D eigenvalue weighted by atomic mass is 10.0. The minimum Gasteiger partial charge on any atom is -0.467 e. The van der Waals surface area contributed by atoms with Crippen molar-refractivity contribution in [3.05, 3.63) is 71.8 Å². The third kappa shape index (κ3) is 7.84.